The van der Waals surface area contributed by atoms with Crippen molar-refractivity contribution in [3.05, 3.63) is 35.4 Å². The molecule has 0 spiro atoms. The van der Waals surface area contributed by atoms with Crippen LogP contribution in [0.15, 0.2) is 24.3 Å². The summed E-state index contributed by atoms with van der Waals surface area (Å²) in [5.74, 6) is 0. The highest BCUT2D eigenvalue weighted by atomic mass is 28.4. The van der Waals surface area contributed by atoms with Gasteiger partial charge in [-0.3, -0.25) is 0 Å². The first-order chi connectivity index (χ1) is 8.76. The van der Waals surface area contributed by atoms with Crippen LogP contribution in [0.3, 0.4) is 0 Å². The van der Waals surface area contributed by atoms with Crippen molar-refractivity contribution >= 4 is 8.32 Å². The van der Waals surface area contributed by atoms with Crippen molar-refractivity contribution in [1.29, 1.82) is 0 Å². The molecule has 1 aromatic rings. The van der Waals surface area contributed by atoms with Gasteiger partial charge in [0.25, 0.3) is 0 Å². The first-order valence-electron chi connectivity index (χ1n) is 7.09. The van der Waals surface area contributed by atoms with Gasteiger partial charge in [0, 0.05) is 13.2 Å². The molecule has 0 aliphatic carbocycles. The standard InChI is InChI=1S/C16H28O2Si/c1-16(2,3)19(4,5)18-12-10-15-8-6-7-14(13-15)9-11-17/h6-8,13,17H,9-12H2,1-5H3. The molecule has 1 rings (SSSR count). The number of rotatable bonds is 6. The van der Waals surface area contributed by atoms with Crippen LogP contribution < -0.4 is 0 Å². The second-order valence-corrected chi connectivity index (χ2v) is 11.5. The Labute approximate surface area is 118 Å². The quantitative estimate of drug-likeness (QED) is 0.803. The van der Waals surface area contributed by atoms with Gasteiger partial charge in [-0.2, -0.15) is 0 Å². The Morgan fingerprint density at radius 1 is 1.11 bits per heavy atom. The summed E-state index contributed by atoms with van der Waals surface area (Å²) >= 11 is 0. The van der Waals surface area contributed by atoms with E-state index in [4.69, 9.17) is 9.53 Å². The van der Waals surface area contributed by atoms with Gasteiger partial charge in [-0.1, -0.05) is 45.0 Å². The van der Waals surface area contributed by atoms with Gasteiger partial charge >= 0.3 is 0 Å². The van der Waals surface area contributed by atoms with Gasteiger partial charge < -0.3 is 9.53 Å². The summed E-state index contributed by atoms with van der Waals surface area (Å²) in [6.45, 7) is 12.4. The molecule has 0 unspecified atom stereocenters. The van der Waals surface area contributed by atoms with Gasteiger partial charge in [0.1, 0.15) is 0 Å². The highest BCUT2D eigenvalue weighted by Crippen LogP contribution is 2.36. The number of hydrogen-bond acceptors (Lipinski definition) is 2. The zero-order valence-corrected chi connectivity index (χ0v) is 14.0. The Hall–Kier alpha value is -0.643. The molecule has 0 saturated heterocycles. The van der Waals surface area contributed by atoms with Crippen molar-refractivity contribution in [1.82, 2.24) is 0 Å². The zero-order valence-electron chi connectivity index (χ0n) is 13.0. The fraction of sp³-hybridized carbons (Fsp3) is 0.625. The number of aliphatic hydroxyl groups is 1. The summed E-state index contributed by atoms with van der Waals surface area (Å²) in [5.41, 5.74) is 2.50. The smallest absolute Gasteiger partial charge is 0.191 e. The molecule has 0 bridgehead atoms. The lowest BCUT2D eigenvalue weighted by molar-refractivity contribution is 0.291. The molecule has 3 heteroatoms. The number of hydrogen-bond donors (Lipinski definition) is 1. The van der Waals surface area contributed by atoms with Crippen LogP contribution in [0.4, 0.5) is 0 Å². The fourth-order valence-corrected chi connectivity index (χ4v) is 2.76. The Balaban J connectivity index is 2.51. The summed E-state index contributed by atoms with van der Waals surface area (Å²) in [5, 5.41) is 9.23. The molecule has 19 heavy (non-hydrogen) atoms. The third kappa shape index (κ3) is 5.09. The van der Waals surface area contributed by atoms with Gasteiger partial charge in [-0.25, -0.2) is 0 Å². The maximum atomic E-state index is 8.96. The largest absolute Gasteiger partial charge is 0.416 e. The van der Waals surface area contributed by atoms with E-state index in [9.17, 15) is 0 Å². The number of aliphatic hydroxyl groups excluding tert-OH is 1. The lowest BCUT2D eigenvalue weighted by Crippen LogP contribution is -2.41. The molecule has 2 nitrogen and oxygen atoms in total. The van der Waals surface area contributed by atoms with Crippen molar-refractivity contribution in [3.8, 4) is 0 Å². The van der Waals surface area contributed by atoms with Crippen molar-refractivity contribution in [2.75, 3.05) is 13.2 Å². The summed E-state index contributed by atoms with van der Waals surface area (Å²) < 4.78 is 6.19. The van der Waals surface area contributed by atoms with E-state index in [-0.39, 0.29) is 11.6 Å². The van der Waals surface area contributed by atoms with Crippen LogP contribution in [0.25, 0.3) is 0 Å². The monoisotopic (exact) mass is 280 g/mol. The van der Waals surface area contributed by atoms with Crippen LogP contribution in [0.1, 0.15) is 31.9 Å². The van der Waals surface area contributed by atoms with Crippen molar-refractivity contribution in [2.24, 2.45) is 0 Å². The molecule has 108 valence electrons. The Morgan fingerprint density at radius 2 is 1.68 bits per heavy atom. The average molecular weight is 280 g/mol. The molecule has 0 aliphatic heterocycles. The molecule has 0 saturated carbocycles. The minimum Gasteiger partial charge on any atom is -0.416 e. The van der Waals surface area contributed by atoms with E-state index >= 15 is 0 Å². The minimum absolute atomic E-state index is 0.212. The molecular weight excluding hydrogens is 252 g/mol. The molecule has 0 aliphatic rings. The summed E-state index contributed by atoms with van der Waals surface area (Å²) in [7, 11) is -1.63. The van der Waals surface area contributed by atoms with Crippen LogP contribution in [0.5, 0.6) is 0 Å². The van der Waals surface area contributed by atoms with Gasteiger partial charge in [-0.15, -0.1) is 0 Å². The molecule has 0 atom stereocenters. The van der Waals surface area contributed by atoms with Crippen LogP contribution >= 0.6 is 0 Å². The first-order valence-corrected chi connectivity index (χ1v) is 10.00. The normalized spacial score (nSPS) is 12.7. The summed E-state index contributed by atoms with van der Waals surface area (Å²) in [6.07, 6.45) is 1.68. The predicted octanol–water partition coefficient (Wildman–Crippen LogP) is 3.79. The van der Waals surface area contributed by atoms with Gasteiger partial charge in [0.15, 0.2) is 8.32 Å². The Morgan fingerprint density at radius 3 is 2.21 bits per heavy atom. The SMILES string of the molecule is CC(C)(C)[Si](C)(C)OCCc1cccc(CCO)c1. The zero-order chi connectivity index (χ0) is 14.5. The van der Waals surface area contributed by atoms with Crippen molar-refractivity contribution < 1.29 is 9.53 Å². The molecule has 0 fully saturated rings. The maximum Gasteiger partial charge on any atom is 0.191 e. The molecule has 1 N–H and O–H groups in total. The molecule has 1 aromatic carbocycles. The summed E-state index contributed by atoms with van der Waals surface area (Å²) in [4.78, 5) is 0. The molecular formula is C16H28O2Si. The molecule has 0 aromatic heterocycles. The second kappa shape index (κ2) is 6.68. The maximum absolute atomic E-state index is 8.96. The van der Waals surface area contributed by atoms with E-state index in [1.54, 1.807) is 0 Å². The molecule has 0 amide bonds. The lowest BCUT2D eigenvalue weighted by Gasteiger charge is -2.36. The van der Waals surface area contributed by atoms with Gasteiger partial charge in [-0.05, 0) is 42.1 Å². The topological polar surface area (TPSA) is 29.5 Å². The van der Waals surface area contributed by atoms with E-state index in [0.29, 0.717) is 0 Å². The van der Waals surface area contributed by atoms with Crippen LogP contribution in [0.2, 0.25) is 18.1 Å². The second-order valence-electron chi connectivity index (χ2n) is 6.65. The summed E-state index contributed by atoms with van der Waals surface area (Å²) in [6, 6.07) is 8.43. The third-order valence-electron chi connectivity index (χ3n) is 4.05. The average Bonchev–Trinajstić information content (AvgIpc) is 2.28. The van der Waals surface area contributed by atoms with E-state index in [1.165, 1.54) is 11.1 Å². The van der Waals surface area contributed by atoms with Crippen molar-refractivity contribution in [3.63, 3.8) is 0 Å². The molecule has 0 radical (unpaired) electrons. The molecule has 0 heterocycles. The fourth-order valence-electron chi connectivity index (χ4n) is 1.71. The highest BCUT2D eigenvalue weighted by Gasteiger charge is 2.36. The van der Waals surface area contributed by atoms with Gasteiger partial charge in [0.2, 0.25) is 0 Å². The predicted molar refractivity (Wildman–Crippen MR) is 84.1 cm³/mol. The minimum atomic E-state index is -1.63. The Kier molecular flexibility index (Phi) is 5.77. The Bertz CT molecular complexity index is 394. The van der Waals surface area contributed by atoms with E-state index in [1.807, 2.05) is 0 Å². The van der Waals surface area contributed by atoms with Crippen molar-refractivity contribution in [2.45, 2.75) is 51.7 Å². The van der Waals surface area contributed by atoms with Crippen LogP contribution in [-0.4, -0.2) is 26.6 Å². The van der Waals surface area contributed by atoms with E-state index in [2.05, 4.69) is 58.1 Å². The van der Waals surface area contributed by atoms with E-state index in [0.717, 1.165) is 19.4 Å². The third-order valence-corrected chi connectivity index (χ3v) is 8.59. The van der Waals surface area contributed by atoms with Crippen LogP contribution in [-0.2, 0) is 17.3 Å². The van der Waals surface area contributed by atoms with E-state index < -0.39 is 8.32 Å². The van der Waals surface area contributed by atoms with Crippen LogP contribution in [0, 0.1) is 0 Å². The lowest BCUT2D eigenvalue weighted by atomic mass is 10.1. The highest BCUT2D eigenvalue weighted by molar-refractivity contribution is 6.74. The van der Waals surface area contributed by atoms with Gasteiger partial charge in [0.05, 0.1) is 0 Å². The number of benzene rings is 1. The first kappa shape index (κ1) is 16.4.